The van der Waals surface area contributed by atoms with Crippen molar-refractivity contribution < 1.29 is 9.42 Å². The van der Waals surface area contributed by atoms with Gasteiger partial charge in [-0.1, -0.05) is 40.1 Å². The summed E-state index contributed by atoms with van der Waals surface area (Å²) in [4.78, 5) is 16.6. The van der Waals surface area contributed by atoms with Crippen LogP contribution in [0, 0.1) is 6.92 Å². The maximum absolute atomic E-state index is 12.4. The van der Waals surface area contributed by atoms with E-state index in [0.717, 1.165) is 11.1 Å². The quantitative estimate of drug-likeness (QED) is 0.771. The predicted octanol–water partition coefficient (Wildman–Crippen LogP) is 2.87. The summed E-state index contributed by atoms with van der Waals surface area (Å²) < 4.78 is 4.63. The van der Waals surface area contributed by atoms with Crippen LogP contribution in [0.2, 0.25) is 5.02 Å². The molecule has 0 aliphatic rings. The average molecular weight is 343 g/mol. The number of rotatable bonds is 5. The van der Waals surface area contributed by atoms with E-state index in [9.17, 15) is 4.79 Å². The van der Waals surface area contributed by atoms with E-state index in [1.54, 1.807) is 31.5 Å². The number of halogens is 1. The summed E-state index contributed by atoms with van der Waals surface area (Å²) in [6.07, 6.45) is 3.51. The summed E-state index contributed by atoms with van der Waals surface area (Å²) in [5.41, 5.74) is 2.92. The molecule has 0 aliphatic heterocycles. The van der Waals surface area contributed by atoms with E-state index in [0.29, 0.717) is 16.4 Å². The highest BCUT2D eigenvalue weighted by molar-refractivity contribution is 6.30. The molecule has 0 saturated carbocycles. The van der Waals surface area contributed by atoms with Crippen LogP contribution in [0.1, 0.15) is 28.6 Å². The second-order valence-corrected chi connectivity index (χ2v) is 5.75. The Labute approximate surface area is 143 Å². The van der Waals surface area contributed by atoms with Crippen LogP contribution >= 0.6 is 11.6 Å². The number of benzene rings is 1. The van der Waals surface area contributed by atoms with Crippen LogP contribution in [-0.2, 0) is 11.2 Å². The van der Waals surface area contributed by atoms with Gasteiger partial charge in [-0.25, -0.2) is 4.63 Å². The smallest absolute Gasteiger partial charge is 0.226 e. The van der Waals surface area contributed by atoms with Crippen molar-refractivity contribution in [3.05, 3.63) is 76.3 Å². The van der Waals surface area contributed by atoms with E-state index in [4.69, 9.17) is 11.6 Å². The van der Waals surface area contributed by atoms with Crippen molar-refractivity contribution in [3.8, 4) is 0 Å². The van der Waals surface area contributed by atoms with Gasteiger partial charge in [-0.15, -0.1) is 0 Å². The molecule has 0 fully saturated rings. The van der Waals surface area contributed by atoms with Crippen LogP contribution in [0.4, 0.5) is 0 Å². The zero-order valence-corrected chi connectivity index (χ0v) is 13.7. The minimum Gasteiger partial charge on any atom is -0.345 e. The molecule has 1 amide bonds. The second-order valence-electron chi connectivity index (χ2n) is 5.31. The van der Waals surface area contributed by atoms with Gasteiger partial charge in [-0.2, -0.15) is 0 Å². The molecule has 0 unspecified atom stereocenters. The van der Waals surface area contributed by atoms with Crippen molar-refractivity contribution in [2.75, 3.05) is 0 Å². The highest BCUT2D eigenvalue weighted by Crippen LogP contribution is 2.23. The minimum absolute atomic E-state index is 0.0969. The number of nitrogens with one attached hydrogen (secondary N) is 1. The van der Waals surface area contributed by atoms with Gasteiger partial charge in [0.25, 0.3) is 0 Å². The lowest BCUT2D eigenvalue weighted by Gasteiger charge is -2.19. The molecule has 122 valence electrons. The van der Waals surface area contributed by atoms with Crippen molar-refractivity contribution in [2.24, 2.45) is 0 Å². The predicted molar refractivity (Wildman–Crippen MR) is 88.4 cm³/mol. The number of aryl methyl sites for hydroxylation is 1. The molecule has 0 bridgehead atoms. The van der Waals surface area contributed by atoms with E-state index in [2.05, 4.69) is 25.2 Å². The molecule has 1 atom stereocenters. The van der Waals surface area contributed by atoms with Gasteiger partial charge in [0.2, 0.25) is 5.91 Å². The minimum atomic E-state index is -0.330. The second kappa shape index (κ2) is 7.23. The Balaban J connectivity index is 1.83. The van der Waals surface area contributed by atoms with Crippen molar-refractivity contribution in [1.82, 2.24) is 20.6 Å². The third-order valence-corrected chi connectivity index (χ3v) is 3.85. The van der Waals surface area contributed by atoms with Crippen LogP contribution < -0.4 is 5.32 Å². The fraction of sp³-hybridized carbons (Fsp3) is 0.176. The fourth-order valence-electron chi connectivity index (χ4n) is 2.34. The molecule has 3 aromatic rings. The zero-order chi connectivity index (χ0) is 16.9. The fourth-order valence-corrected chi connectivity index (χ4v) is 2.46. The molecule has 0 radical (unpaired) electrons. The van der Waals surface area contributed by atoms with Gasteiger partial charge in [0, 0.05) is 17.4 Å². The Morgan fingerprint density at radius 2 is 2.00 bits per heavy atom. The Hall–Kier alpha value is -2.73. The topological polar surface area (TPSA) is 80.9 Å². The lowest BCUT2D eigenvalue weighted by molar-refractivity contribution is -0.121. The van der Waals surface area contributed by atoms with E-state index >= 15 is 0 Å². The monoisotopic (exact) mass is 342 g/mol. The standard InChI is InChI=1S/C17H15ClN4O2/c1-11-15(22-24-21-11)9-16(23)20-17(13-3-2-8-19-10-13)12-4-6-14(18)7-5-12/h2-8,10,17H,9H2,1H3,(H,20,23)/t17-/m1/s1. The molecule has 0 spiro atoms. The molecule has 1 N–H and O–H groups in total. The van der Waals surface area contributed by atoms with Gasteiger partial charge in [-0.3, -0.25) is 9.78 Å². The third-order valence-electron chi connectivity index (χ3n) is 3.60. The normalized spacial score (nSPS) is 11.9. The summed E-state index contributed by atoms with van der Waals surface area (Å²) in [7, 11) is 0. The first-order valence-electron chi connectivity index (χ1n) is 7.36. The number of pyridine rings is 1. The van der Waals surface area contributed by atoms with Crippen LogP contribution in [0.5, 0.6) is 0 Å². The van der Waals surface area contributed by atoms with Gasteiger partial charge in [0.15, 0.2) is 0 Å². The summed E-state index contributed by atoms with van der Waals surface area (Å²) >= 11 is 5.96. The SMILES string of the molecule is Cc1nonc1CC(=O)N[C@H](c1ccc(Cl)cc1)c1cccnc1. The summed E-state index contributed by atoms with van der Waals surface area (Å²) in [5.74, 6) is -0.183. The number of amides is 1. The molecule has 2 heterocycles. The number of hydrogen-bond acceptors (Lipinski definition) is 5. The number of carbonyl (C=O) groups is 1. The van der Waals surface area contributed by atoms with Crippen LogP contribution in [0.3, 0.4) is 0 Å². The summed E-state index contributed by atoms with van der Waals surface area (Å²) in [6, 6.07) is 10.7. The van der Waals surface area contributed by atoms with Crippen molar-refractivity contribution in [3.63, 3.8) is 0 Å². The molecule has 24 heavy (non-hydrogen) atoms. The number of carbonyl (C=O) groups excluding carboxylic acids is 1. The number of hydrogen-bond donors (Lipinski definition) is 1. The lowest BCUT2D eigenvalue weighted by atomic mass is 10.00. The molecular formula is C17H15ClN4O2. The molecule has 6 nitrogen and oxygen atoms in total. The lowest BCUT2D eigenvalue weighted by Crippen LogP contribution is -2.31. The Morgan fingerprint density at radius 3 is 2.62 bits per heavy atom. The first kappa shape index (κ1) is 16.1. The molecule has 2 aromatic heterocycles. The third kappa shape index (κ3) is 3.78. The number of nitrogens with zero attached hydrogens (tertiary/aromatic N) is 3. The van der Waals surface area contributed by atoms with E-state index in [1.807, 2.05) is 24.3 Å². The first-order chi connectivity index (χ1) is 11.6. The van der Waals surface area contributed by atoms with E-state index in [-0.39, 0.29) is 18.4 Å². The van der Waals surface area contributed by atoms with Crippen molar-refractivity contribution in [2.45, 2.75) is 19.4 Å². The van der Waals surface area contributed by atoms with Gasteiger partial charge >= 0.3 is 0 Å². The summed E-state index contributed by atoms with van der Waals surface area (Å²) in [5, 5.41) is 11.1. The van der Waals surface area contributed by atoms with Crippen molar-refractivity contribution >= 4 is 17.5 Å². The molecule has 0 saturated heterocycles. The van der Waals surface area contributed by atoms with Crippen molar-refractivity contribution in [1.29, 1.82) is 0 Å². The number of aromatic nitrogens is 3. The Morgan fingerprint density at radius 1 is 1.21 bits per heavy atom. The maximum Gasteiger partial charge on any atom is 0.226 e. The highest BCUT2D eigenvalue weighted by atomic mass is 35.5. The van der Waals surface area contributed by atoms with Gasteiger partial charge < -0.3 is 5.32 Å². The first-order valence-corrected chi connectivity index (χ1v) is 7.74. The Kier molecular flexibility index (Phi) is 4.86. The zero-order valence-electron chi connectivity index (χ0n) is 12.9. The van der Waals surface area contributed by atoms with Gasteiger partial charge in [-0.05, 0) is 36.2 Å². The molecule has 1 aromatic carbocycles. The van der Waals surface area contributed by atoms with Gasteiger partial charge in [0.1, 0.15) is 11.4 Å². The van der Waals surface area contributed by atoms with Crippen LogP contribution in [0.15, 0.2) is 53.4 Å². The highest BCUT2D eigenvalue weighted by Gasteiger charge is 2.19. The molecular weight excluding hydrogens is 328 g/mol. The van der Waals surface area contributed by atoms with Gasteiger partial charge in [0.05, 0.1) is 12.5 Å². The molecule has 7 heteroatoms. The van der Waals surface area contributed by atoms with Crippen LogP contribution in [-0.4, -0.2) is 21.2 Å². The largest absolute Gasteiger partial charge is 0.345 e. The maximum atomic E-state index is 12.4. The van der Waals surface area contributed by atoms with E-state index in [1.165, 1.54) is 0 Å². The average Bonchev–Trinajstić information content (AvgIpc) is 2.99. The van der Waals surface area contributed by atoms with E-state index < -0.39 is 0 Å². The van der Waals surface area contributed by atoms with Crippen LogP contribution in [0.25, 0.3) is 0 Å². The molecule has 3 rings (SSSR count). The molecule has 0 aliphatic carbocycles. The summed E-state index contributed by atoms with van der Waals surface area (Å²) in [6.45, 7) is 1.75. The Bertz CT molecular complexity index is 818.